The van der Waals surface area contributed by atoms with Crippen molar-refractivity contribution in [3.8, 4) is 11.3 Å². The van der Waals surface area contributed by atoms with E-state index in [2.05, 4.69) is 9.97 Å². The molecule has 1 aromatic carbocycles. The van der Waals surface area contributed by atoms with Gasteiger partial charge in [0.25, 0.3) is 0 Å². The Kier molecular flexibility index (Phi) is 2.92. The highest BCUT2D eigenvalue weighted by Gasteiger charge is 2.26. The minimum absolute atomic E-state index is 0.348. The lowest BCUT2D eigenvalue weighted by Crippen LogP contribution is -1.95. The fourth-order valence-corrected chi connectivity index (χ4v) is 2.36. The molecular weight excluding hydrogens is 271 g/mol. The Bertz CT molecular complexity index is 664. The number of nitrogens with zero attached hydrogens (tertiary/aromatic N) is 1. The number of hydrogen-bond acceptors (Lipinski definition) is 2. The first kappa shape index (κ1) is 11.8. The van der Waals surface area contributed by atoms with E-state index in [0.717, 1.165) is 29.9 Å². The van der Waals surface area contributed by atoms with Crippen LogP contribution in [0.4, 0.5) is 4.39 Å². The van der Waals surface area contributed by atoms with Gasteiger partial charge >= 0.3 is 0 Å². The lowest BCUT2D eigenvalue weighted by Gasteiger charge is -2.07. The smallest absolute Gasteiger partial charge is 0.130 e. The van der Waals surface area contributed by atoms with Crippen molar-refractivity contribution in [2.75, 3.05) is 0 Å². The molecule has 1 aromatic heterocycles. The first-order valence-corrected chi connectivity index (χ1v) is 6.49. The number of benzene rings is 1. The molecule has 0 unspecified atom stereocenters. The fraction of sp³-hybridized carbons (Fsp3) is 0.231. The van der Waals surface area contributed by atoms with Crippen LogP contribution in [0.2, 0.25) is 5.02 Å². The molecule has 1 saturated carbocycles. The van der Waals surface area contributed by atoms with Gasteiger partial charge in [0.15, 0.2) is 0 Å². The average molecular weight is 281 g/mol. The maximum atomic E-state index is 13.0. The third-order valence-electron chi connectivity index (χ3n) is 2.95. The monoisotopic (exact) mass is 280 g/mol. The van der Waals surface area contributed by atoms with Gasteiger partial charge in [0.05, 0.1) is 10.7 Å². The van der Waals surface area contributed by atoms with Crippen molar-refractivity contribution in [1.82, 2.24) is 9.97 Å². The van der Waals surface area contributed by atoms with Crippen LogP contribution in [0, 0.1) is 10.5 Å². The normalized spacial score (nSPS) is 14.8. The van der Waals surface area contributed by atoms with Gasteiger partial charge < -0.3 is 4.98 Å². The molecule has 0 bridgehead atoms. The Labute approximate surface area is 114 Å². The fourth-order valence-electron chi connectivity index (χ4n) is 1.88. The maximum absolute atomic E-state index is 13.0. The van der Waals surface area contributed by atoms with E-state index >= 15 is 0 Å². The zero-order valence-electron chi connectivity index (χ0n) is 9.41. The van der Waals surface area contributed by atoms with Crippen LogP contribution in [0.15, 0.2) is 24.3 Å². The minimum atomic E-state index is -0.348. The van der Waals surface area contributed by atoms with E-state index in [0.29, 0.717) is 15.6 Å². The van der Waals surface area contributed by atoms with Crippen LogP contribution in [-0.2, 0) is 0 Å². The van der Waals surface area contributed by atoms with Gasteiger partial charge in [-0.05, 0) is 37.1 Å². The molecule has 0 radical (unpaired) electrons. The molecule has 0 saturated heterocycles. The third-order valence-corrected chi connectivity index (χ3v) is 3.47. The van der Waals surface area contributed by atoms with Crippen LogP contribution >= 0.6 is 23.8 Å². The van der Waals surface area contributed by atoms with Crippen molar-refractivity contribution in [1.29, 1.82) is 0 Å². The summed E-state index contributed by atoms with van der Waals surface area (Å²) in [5.41, 5.74) is 1.54. The number of aromatic amines is 1. The molecule has 2 nitrogen and oxygen atoms in total. The van der Waals surface area contributed by atoms with Crippen LogP contribution in [-0.4, -0.2) is 9.97 Å². The number of H-pyrrole nitrogens is 1. The van der Waals surface area contributed by atoms with Crippen molar-refractivity contribution < 1.29 is 4.39 Å². The van der Waals surface area contributed by atoms with Gasteiger partial charge in [-0.15, -0.1) is 0 Å². The van der Waals surface area contributed by atoms with Crippen molar-refractivity contribution in [3.05, 3.63) is 45.6 Å². The molecule has 0 spiro atoms. The lowest BCUT2D eigenvalue weighted by atomic mass is 10.1. The van der Waals surface area contributed by atoms with E-state index in [1.807, 2.05) is 0 Å². The van der Waals surface area contributed by atoms with E-state index < -0.39 is 0 Å². The molecule has 18 heavy (non-hydrogen) atoms. The van der Waals surface area contributed by atoms with Crippen LogP contribution in [0.1, 0.15) is 24.6 Å². The average Bonchev–Trinajstić information content (AvgIpc) is 3.11. The van der Waals surface area contributed by atoms with Gasteiger partial charge in [0.2, 0.25) is 0 Å². The molecule has 1 fully saturated rings. The van der Waals surface area contributed by atoms with Crippen LogP contribution in [0.5, 0.6) is 0 Å². The Morgan fingerprint density at radius 2 is 2.11 bits per heavy atom. The highest BCUT2D eigenvalue weighted by molar-refractivity contribution is 7.71. The number of hydrogen-bond donors (Lipinski definition) is 1. The molecule has 0 atom stereocenters. The lowest BCUT2D eigenvalue weighted by molar-refractivity contribution is 0.628. The van der Waals surface area contributed by atoms with Gasteiger partial charge in [-0.1, -0.05) is 23.8 Å². The summed E-state index contributed by atoms with van der Waals surface area (Å²) in [6.07, 6.45) is 2.28. The molecule has 5 heteroatoms. The highest BCUT2D eigenvalue weighted by Crippen LogP contribution is 2.39. The van der Waals surface area contributed by atoms with Gasteiger partial charge in [0.1, 0.15) is 16.3 Å². The largest absolute Gasteiger partial charge is 0.343 e. The van der Waals surface area contributed by atoms with Crippen molar-refractivity contribution in [2.24, 2.45) is 0 Å². The Morgan fingerprint density at radius 1 is 1.33 bits per heavy atom. The van der Waals surface area contributed by atoms with Crippen molar-refractivity contribution in [2.45, 2.75) is 18.8 Å². The second kappa shape index (κ2) is 4.44. The quantitative estimate of drug-likeness (QED) is 0.822. The SMILES string of the molecule is Fc1ccc(-c2cc(=S)nc(C3CC3)[nH]2)c(Cl)c1. The maximum Gasteiger partial charge on any atom is 0.130 e. The van der Waals surface area contributed by atoms with Crippen LogP contribution < -0.4 is 0 Å². The van der Waals surface area contributed by atoms with Gasteiger partial charge in [-0.2, -0.15) is 0 Å². The molecule has 92 valence electrons. The first-order valence-electron chi connectivity index (χ1n) is 5.70. The number of nitrogens with one attached hydrogen (secondary N) is 1. The van der Waals surface area contributed by atoms with Crippen molar-refractivity contribution in [3.63, 3.8) is 0 Å². The molecule has 0 aliphatic heterocycles. The summed E-state index contributed by atoms with van der Waals surface area (Å²) in [5, 5.41) is 0.369. The highest BCUT2D eigenvalue weighted by atomic mass is 35.5. The summed E-state index contributed by atoms with van der Waals surface area (Å²) in [5.74, 6) is 1.03. The standard InChI is InChI=1S/C13H10ClFN2S/c14-10-5-8(15)3-4-9(10)11-6-12(18)17-13(16-11)7-1-2-7/h3-7H,1-2H2,(H,16,17,18). The second-order valence-electron chi connectivity index (χ2n) is 4.42. The zero-order valence-corrected chi connectivity index (χ0v) is 11.0. The Hall–Kier alpha value is -1.26. The summed E-state index contributed by atoms with van der Waals surface area (Å²) in [6.45, 7) is 0. The molecular formula is C13H10ClFN2S. The first-order chi connectivity index (χ1) is 8.63. The topological polar surface area (TPSA) is 28.7 Å². The van der Waals surface area contributed by atoms with E-state index in [1.165, 1.54) is 12.1 Å². The summed E-state index contributed by atoms with van der Waals surface area (Å²) in [7, 11) is 0. The van der Waals surface area contributed by atoms with E-state index in [4.69, 9.17) is 23.8 Å². The number of aromatic nitrogens is 2. The summed E-state index contributed by atoms with van der Waals surface area (Å²) < 4.78 is 13.6. The Morgan fingerprint density at radius 3 is 2.78 bits per heavy atom. The molecule has 1 aliphatic carbocycles. The van der Waals surface area contributed by atoms with Crippen LogP contribution in [0.3, 0.4) is 0 Å². The number of rotatable bonds is 2. The Balaban J connectivity index is 2.13. The summed E-state index contributed by atoms with van der Waals surface area (Å²) in [4.78, 5) is 7.55. The molecule has 1 aliphatic rings. The summed E-state index contributed by atoms with van der Waals surface area (Å²) >= 11 is 11.2. The number of halogens is 2. The third kappa shape index (κ3) is 2.31. The van der Waals surface area contributed by atoms with Gasteiger partial charge in [-0.25, -0.2) is 9.37 Å². The predicted octanol–water partition coefficient (Wildman–Crippen LogP) is 4.48. The predicted molar refractivity (Wildman–Crippen MR) is 71.8 cm³/mol. The molecule has 1 heterocycles. The van der Waals surface area contributed by atoms with Crippen molar-refractivity contribution >= 4 is 23.8 Å². The molecule has 1 N–H and O–H groups in total. The molecule has 2 aromatic rings. The zero-order chi connectivity index (χ0) is 12.7. The van der Waals surface area contributed by atoms with E-state index in [9.17, 15) is 4.39 Å². The van der Waals surface area contributed by atoms with Gasteiger partial charge in [0, 0.05) is 11.5 Å². The van der Waals surface area contributed by atoms with E-state index in [-0.39, 0.29) is 5.82 Å². The minimum Gasteiger partial charge on any atom is -0.343 e. The molecule has 0 amide bonds. The second-order valence-corrected chi connectivity index (χ2v) is 5.24. The van der Waals surface area contributed by atoms with Crippen LogP contribution in [0.25, 0.3) is 11.3 Å². The summed E-state index contributed by atoms with van der Waals surface area (Å²) in [6, 6.07) is 6.08. The van der Waals surface area contributed by atoms with E-state index in [1.54, 1.807) is 12.1 Å². The molecule has 3 rings (SSSR count). The van der Waals surface area contributed by atoms with Gasteiger partial charge in [-0.3, -0.25) is 0 Å².